The summed E-state index contributed by atoms with van der Waals surface area (Å²) in [6.07, 6.45) is 5.24. The summed E-state index contributed by atoms with van der Waals surface area (Å²) in [5.41, 5.74) is 2.50. The molecule has 11 heteroatoms. The Morgan fingerprint density at radius 1 is 1.29 bits per heavy atom. The van der Waals surface area contributed by atoms with E-state index in [1.54, 1.807) is 16.8 Å². The normalized spacial score (nSPS) is 16.2. The highest BCUT2D eigenvalue weighted by atomic mass is 16.3. The fourth-order valence-electron chi connectivity index (χ4n) is 3.22. The van der Waals surface area contributed by atoms with E-state index in [9.17, 15) is 9.90 Å². The average Bonchev–Trinajstić information content (AvgIpc) is 3.37. The molecule has 1 unspecified atom stereocenters. The van der Waals surface area contributed by atoms with Gasteiger partial charge in [0.2, 0.25) is 11.8 Å². The van der Waals surface area contributed by atoms with Crippen LogP contribution in [0.1, 0.15) is 42.9 Å². The molecule has 11 nitrogen and oxygen atoms in total. The van der Waals surface area contributed by atoms with Crippen molar-refractivity contribution >= 4 is 17.7 Å². The van der Waals surface area contributed by atoms with Crippen LogP contribution < -0.4 is 21.8 Å². The Kier molecular flexibility index (Phi) is 4.50. The lowest BCUT2D eigenvalue weighted by Crippen LogP contribution is -2.25. The molecule has 0 spiro atoms. The van der Waals surface area contributed by atoms with E-state index in [-0.39, 0.29) is 23.7 Å². The lowest BCUT2D eigenvalue weighted by molar-refractivity contribution is 0.454. The van der Waals surface area contributed by atoms with Gasteiger partial charge in [-0.05, 0) is 44.9 Å². The zero-order valence-electron chi connectivity index (χ0n) is 17.0. The van der Waals surface area contributed by atoms with Crippen molar-refractivity contribution < 1.29 is 5.11 Å². The van der Waals surface area contributed by atoms with Crippen molar-refractivity contribution in [3.05, 3.63) is 62.8 Å². The monoisotopic (exact) mass is 419 g/mol. The number of fused-ring (bicyclic) bond motifs is 1. The van der Waals surface area contributed by atoms with Gasteiger partial charge in [0, 0.05) is 10.9 Å². The van der Waals surface area contributed by atoms with Crippen LogP contribution in [0.3, 0.4) is 0 Å². The van der Waals surface area contributed by atoms with Crippen LogP contribution in [-0.2, 0) is 0 Å². The maximum Gasteiger partial charge on any atom is 0.326 e. The van der Waals surface area contributed by atoms with Gasteiger partial charge in [-0.1, -0.05) is 6.07 Å². The molecule has 1 aliphatic carbocycles. The number of H-pyrrole nitrogens is 2. The largest absolute Gasteiger partial charge is 0.493 e. The average molecular weight is 419 g/mol. The minimum Gasteiger partial charge on any atom is -0.493 e. The molecule has 1 saturated carbocycles. The van der Waals surface area contributed by atoms with Gasteiger partial charge < -0.3 is 15.4 Å². The standard InChI is InChI=1S/C20H21N9O2/c1-10-4-3-5-14(22-10)11(2)23-18-26-16-12(8-15-17(30)27-20(31)25-15)9-21-29(16)19(28-18)24-13-6-7-13/h3-5,8-9,11,13,30H,6-7H2,1-2H3,(H,23,24,28)(H2,25,27,31)/b12-8+. The van der Waals surface area contributed by atoms with Crippen molar-refractivity contribution in [2.24, 2.45) is 4.99 Å². The zero-order chi connectivity index (χ0) is 21.5. The quantitative estimate of drug-likeness (QED) is 0.364. The van der Waals surface area contributed by atoms with Crippen LogP contribution in [0.4, 0.5) is 5.95 Å². The first-order valence-corrected chi connectivity index (χ1v) is 9.99. The van der Waals surface area contributed by atoms with Crippen molar-refractivity contribution in [3.63, 3.8) is 0 Å². The Labute approximate surface area is 175 Å². The summed E-state index contributed by atoms with van der Waals surface area (Å²) >= 11 is 0. The van der Waals surface area contributed by atoms with Gasteiger partial charge in [-0.2, -0.15) is 19.6 Å². The summed E-state index contributed by atoms with van der Waals surface area (Å²) in [7, 11) is 0. The molecule has 0 aromatic carbocycles. The van der Waals surface area contributed by atoms with Gasteiger partial charge in [0.15, 0.2) is 5.65 Å². The summed E-state index contributed by atoms with van der Waals surface area (Å²) in [6, 6.07) is 5.96. The molecular formula is C20H21N9O2. The number of nitrogens with one attached hydrogen (secondary N) is 3. The number of pyridine rings is 1. The summed E-state index contributed by atoms with van der Waals surface area (Å²) in [5, 5.41) is 18.2. The van der Waals surface area contributed by atoms with Gasteiger partial charge >= 0.3 is 5.69 Å². The smallest absolute Gasteiger partial charge is 0.326 e. The molecule has 0 bridgehead atoms. The fraction of sp³-hybridized carbons (Fsp3) is 0.300. The molecule has 1 aliphatic rings. The Morgan fingerprint density at radius 3 is 2.84 bits per heavy atom. The van der Waals surface area contributed by atoms with Gasteiger partial charge in [-0.3, -0.25) is 9.97 Å². The van der Waals surface area contributed by atoms with Crippen LogP contribution in [0.5, 0.6) is 5.88 Å². The molecule has 0 radical (unpaired) electrons. The SMILES string of the molecule is Cc1cccc(C(C)Nc2nc(=NC3CC3)n3nc/c(=C\c4[nH]c(=O)[nH]c4O)c3n2)n1. The number of imidazole rings is 1. The van der Waals surface area contributed by atoms with Gasteiger partial charge in [0.1, 0.15) is 5.69 Å². The van der Waals surface area contributed by atoms with E-state index in [4.69, 9.17) is 0 Å². The van der Waals surface area contributed by atoms with Gasteiger partial charge in [0.25, 0.3) is 5.62 Å². The second-order valence-corrected chi connectivity index (χ2v) is 7.60. The highest BCUT2D eigenvalue weighted by molar-refractivity contribution is 5.57. The number of hydrogen-bond acceptors (Lipinski definition) is 8. The van der Waals surface area contributed by atoms with E-state index in [1.165, 1.54) is 0 Å². The minimum atomic E-state index is -0.499. The van der Waals surface area contributed by atoms with Crippen LogP contribution >= 0.6 is 0 Å². The fourth-order valence-corrected chi connectivity index (χ4v) is 3.22. The third-order valence-corrected chi connectivity index (χ3v) is 4.96. The zero-order valence-corrected chi connectivity index (χ0v) is 17.0. The topological polar surface area (TPSA) is 149 Å². The summed E-state index contributed by atoms with van der Waals surface area (Å²) < 4.78 is 1.56. The van der Waals surface area contributed by atoms with Crippen molar-refractivity contribution in [2.45, 2.75) is 38.8 Å². The van der Waals surface area contributed by atoms with Crippen LogP contribution in [-0.4, -0.2) is 45.7 Å². The second-order valence-electron chi connectivity index (χ2n) is 7.60. The maximum atomic E-state index is 11.5. The third kappa shape index (κ3) is 3.89. The lowest BCUT2D eigenvalue weighted by Gasteiger charge is -2.13. The van der Waals surface area contributed by atoms with E-state index in [0.29, 0.717) is 22.4 Å². The van der Waals surface area contributed by atoms with Gasteiger partial charge in [0.05, 0.1) is 24.0 Å². The maximum absolute atomic E-state index is 11.5. The number of aromatic nitrogens is 7. The molecule has 4 heterocycles. The van der Waals surface area contributed by atoms with Crippen molar-refractivity contribution in [2.75, 3.05) is 5.32 Å². The Morgan fingerprint density at radius 2 is 2.13 bits per heavy atom. The second kappa shape index (κ2) is 7.35. The first-order valence-electron chi connectivity index (χ1n) is 9.99. The number of hydrogen-bond donors (Lipinski definition) is 4. The Bertz CT molecular complexity index is 1450. The van der Waals surface area contributed by atoms with E-state index in [0.717, 1.165) is 24.2 Å². The molecule has 1 fully saturated rings. The number of rotatable bonds is 5. The molecule has 0 aliphatic heterocycles. The number of nitrogens with zero attached hydrogens (tertiary/aromatic N) is 6. The van der Waals surface area contributed by atoms with Crippen molar-refractivity contribution in [3.8, 4) is 5.88 Å². The third-order valence-electron chi connectivity index (χ3n) is 4.96. The van der Waals surface area contributed by atoms with E-state index < -0.39 is 5.69 Å². The molecule has 158 valence electrons. The van der Waals surface area contributed by atoms with Crippen LogP contribution in [0.15, 0.2) is 34.2 Å². The number of aromatic hydroxyl groups is 1. The molecule has 0 saturated heterocycles. The molecule has 4 N–H and O–H groups in total. The molecule has 4 aromatic rings. The van der Waals surface area contributed by atoms with Crippen LogP contribution in [0.25, 0.3) is 11.7 Å². The number of aryl methyl sites for hydroxylation is 1. The van der Waals surface area contributed by atoms with Crippen LogP contribution in [0.2, 0.25) is 0 Å². The molecule has 31 heavy (non-hydrogen) atoms. The molecule has 1 atom stereocenters. The van der Waals surface area contributed by atoms with E-state index in [1.807, 2.05) is 32.0 Å². The Balaban J connectivity index is 1.62. The number of anilines is 1. The molecule has 4 aromatic heterocycles. The Hall–Kier alpha value is -4.02. The molecule has 5 rings (SSSR count). The van der Waals surface area contributed by atoms with E-state index >= 15 is 0 Å². The predicted octanol–water partition coefficient (Wildman–Crippen LogP) is 0.334. The lowest BCUT2D eigenvalue weighted by atomic mass is 10.2. The first kappa shape index (κ1) is 19.0. The highest BCUT2D eigenvalue weighted by Gasteiger charge is 2.21. The first-order chi connectivity index (χ1) is 15.0. The van der Waals surface area contributed by atoms with Gasteiger partial charge in [-0.15, -0.1) is 0 Å². The summed E-state index contributed by atoms with van der Waals surface area (Å²) in [6.45, 7) is 3.93. The highest BCUT2D eigenvalue weighted by Crippen LogP contribution is 2.22. The molecular weight excluding hydrogens is 398 g/mol. The van der Waals surface area contributed by atoms with E-state index in [2.05, 4.69) is 40.3 Å². The minimum absolute atomic E-state index is 0.128. The van der Waals surface area contributed by atoms with Crippen molar-refractivity contribution in [1.29, 1.82) is 0 Å². The summed E-state index contributed by atoms with van der Waals surface area (Å²) in [5.74, 6) is 0.142. The number of aromatic amines is 2. The summed E-state index contributed by atoms with van der Waals surface area (Å²) in [4.78, 5) is 34.7. The predicted molar refractivity (Wildman–Crippen MR) is 112 cm³/mol. The van der Waals surface area contributed by atoms with Crippen LogP contribution in [0, 0.1) is 6.92 Å². The van der Waals surface area contributed by atoms with Crippen molar-refractivity contribution in [1.82, 2.24) is 34.5 Å². The van der Waals surface area contributed by atoms with Gasteiger partial charge in [-0.25, -0.2) is 9.79 Å². The molecule has 0 amide bonds.